The van der Waals surface area contributed by atoms with Gasteiger partial charge in [0.05, 0.1) is 32.2 Å². The van der Waals surface area contributed by atoms with Gasteiger partial charge in [0.2, 0.25) is 5.91 Å². The van der Waals surface area contributed by atoms with Gasteiger partial charge in [-0.25, -0.2) is 8.78 Å². The number of nitrogens with one attached hydrogen (secondary N) is 2. The molecule has 278 valence electrons. The molecule has 0 aromatic heterocycles. The van der Waals surface area contributed by atoms with Crippen molar-refractivity contribution in [3.05, 3.63) is 131 Å². The Morgan fingerprint density at radius 2 is 1.10 bits per heavy atom. The number of rotatable bonds is 18. The highest BCUT2D eigenvalue weighted by molar-refractivity contribution is 5.85. The minimum atomic E-state index is -0.770. The number of hydrogen-bond donors (Lipinski definition) is 5. The van der Waals surface area contributed by atoms with Crippen molar-refractivity contribution < 1.29 is 42.8 Å². The van der Waals surface area contributed by atoms with Crippen LogP contribution in [-0.2, 0) is 27.2 Å². The molecule has 51 heavy (non-hydrogen) atoms. The first-order chi connectivity index (χ1) is 23.6. The molecule has 0 heterocycles. The Labute approximate surface area is 309 Å². The van der Waals surface area contributed by atoms with Crippen molar-refractivity contribution in [1.82, 2.24) is 10.6 Å². The first kappa shape index (κ1) is 44.7. The summed E-state index contributed by atoms with van der Waals surface area (Å²) in [6, 6.07) is 26.2. The highest BCUT2D eigenvalue weighted by Gasteiger charge is 2.09. The van der Waals surface area contributed by atoms with Crippen LogP contribution in [0.25, 0.3) is 0 Å². The number of ether oxygens (including phenoxy) is 3. The van der Waals surface area contributed by atoms with Gasteiger partial charge in [-0.1, -0.05) is 48.5 Å². The van der Waals surface area contributed by atoms with Gasteiger partial charge in [0.15, 0.2) is 0 Å². The van der Waals surface area contributed by atoms with E-state index < -0.39 is 12.2 Å². The third kappa shape index (κ3) is 18.0. The van der Waals surface area contributed by atoms with Crippen LogP contribution in [0, 0.1) is 11.6 Å². The molecular formula is C37H45Cl2F2N3O7. The van der Waals surface area contributed by atoms with Crippen molar-refractivity contribution in [3.63, 3.8) is 0 Å². The summed E-state index contributed by atoms with van der Waals surface area (Å²) >= 11 is 0. The van der Waals surface area contributed by atoms with E-state index in [0.29, 0.717) is 62.0 Å². The smallest absolute Gasteiger partial charge is 0.309 e. The molecule has 4 rings (SSSR count). The third-order valence-electron chi connectivity index (χ3n) is 7.04. The number of hydrogen-bond acceptors (Lipinski definition) is 9. The van der Waals surface area contributed by atoms with Crippen LogP contribution in [0.4, 0.5) is 8.78 Å². The van der Waals surface area contributed by atoms with E-state index in [2.05, 4.69) is 15.4 Å². The number of aliphatic hydroxyl groups is 2. The van der Waals surface area contributed by atoms with E-state index in [-0.39, 0.29) is 61.2 Å². The second-order valence-corrected chi connectivity index (χ2v) is 10.9. The number of carbonyl (C=O) groups is 2. The zero-order valence-electron chi connectivity index (χ0n) is 28.1. The molecule has 4 aromatic rings. The standard InChI is InChI=1S/C19H22FNO4.C18H21FN2O3.2ClH/c1-24-19(23)11-14-5-7-17(8-6-14)25-10-9-21-13-18(22)15-3-2-4-16(20)12-15;19-15-3-1-2-14(11-15)17(22)12-21-8-9-24-16-6-4-13(5-7-16)10-18(20)23;;/h2-8,12,18,21-22H,9-11,13H2,1H3;1-7,11,17,21-22H,8-10,12H2,(H2,20,23);2*1H. The number of carbonyl (C=O) groups excluding carboxylic acids is 2. The number of benzene rings is 4. The molecule has 2 atom stereocenters. The van der Waals surface area contributed by atoms with Crippen molar-refractivity contribution in [2.24, 2.45) is 5.73 Å². The normalized spacial score (nSPS) is 11.4. The van der Waals surface area contributed by atoms with Crippen LogP contribution in [0.1, 0.15) is 34.5 Å². The van der Waals surface area contributed by atoms with Crippen LogP contribution in [-0.4, -0.2) is 68.6 Å². The van der Waals surface area contributed by atoms with Crippen LogP contribution in [0.2, 0.25) is 0 Å². The highest BCUT2D eigenvalue weighted by Crippen LogP contribution is 2.16. The molecule has 0 aliphatic rings. The third-order valence-corrected chi connectivity index (χ3v) is 7.04. The van der Waals surface area contributed by atoms with Crippen molar-refractivity contribution in [3.8, 4) is 11.5 Å². The highest BCUT2D eigenvalue weighted by atomic mass is 35.5. The lowest BCUT2D eigenvalue weighted by Gasteiger charge is -2.13. The van der Waals surface area contributed by atoms with Gasteiger partial charge < -0.3 is 40.8 Å². The zero-order chi connectivity index (χ0) is 35.4. The molecule has 0 aliphatic heterocycles. The predicted octanol–water partition coefficient (Wildman–Crippen LogP) is 4.64. The SMILES string of the molecule is COC(=O)Cc1ccc(OCCNCC(O)c2cccc(F)c2)cc1.Cl.Cl.NC(=O)Cc1ccc(OCCNCC(O)c2cccc(F)c2)cc1. The van der Waals surface area contributed by atoms with Gasteiger partial charge >= 0.3 is 5.97 Å². The summed E-state index contributed by atoms with van der Waals surface area (Å²) in [5, 5.41) is 26.0. The molecule has 0 fully saturated rings. The Morgan fingerprint density at radius 3 is 1.47 bits per heavy atom. The maximum absolute atomic E-state index is 13.1. The molecule has 14 heteroatoms. The monoisotopic (exact) mass is 751 g/mol. The van der Waals surface area contributed by atoms with E-state index in [1.807, 2.05) is 12.1 Å². The van der Waals surface area contributed by atoms with E-state index in [0.717, 1.165) is 11.1 Å². The van der Waals surface area contributed by atoms with Gasteiger partial charge in [-0.15, -0.1) is 24.8 Å². The van der Waals surface area contributed by atoms with Crippen molar-refractivity contribution >= 4 is 36.7 Å². The lowest BCUT2D eigenvalue weighted by molar-refractivity contribution is -0.139. The molecule has 0 aliphatic carbocycles. The predicted molar refractivity (Wildman–Crippen MR) is 195 cm³/mol. The maximum Gasteiger partial charge on any atom is 0.309 e. The Hall–Kier alpha value is -4.30. The largest absolute Gasteiger partial charge is 0.492 e. The fourth-order valence-corrected chi connectivity index (χ4v) is 4.47. The second kappa shape index (κ2) is 24.8. The molecule has 6 N–H and O–H groups in total. The minimum absolute atomic E-state index is 0. The number of halogens is 4. The molecule has 10 nitrogen and oxygen atoms in total. The number of amides is 1. The number of nitrogens with two attached hydrogens (primary N) is 1. The molecular weight excluding hydrogens is 707 g/mol. The Morgan fingerprint density at radius 1 is 0.686 bits per heavy atom. The molecule has 0 spiro atoms. The summed E-state index contributed by atoms with van der Waals surface area (Å²) in [7, 11) is 1.36. The summed E-state index contributed by atoms with van der Waals surface area (Å²) < 4.78 is 41.9. The average molecular weight is 753 g/mol. The van der Waals surface area contributed by atoms with Crippen molar-refractivity contribution in [2.45, 2.75) is 25.0 Å². The second-order valence-electron chi connectivity index (χ2n) is 10.9. The first-order valence-corrected chi connectivity index (χ1v) is 15.7. The molecule has 1 amide bonds. The van der Waals surface area contributed by atoms with Gasteiger partial charge in [-0.05, 0) is 70.8 Å². The lowest BCUT2D eigenvalue weighted by Crippen LogP contribution is -2.26. The molecule has 0 radical (unpaired) electrons. The summed E-state index contributed by atoms with van der Waals surface area (Å²) in [4.78, 5) is 22.0. The van der Waals surface area contributed by atoms with E-state index in [9.17, 15) is 28.6 Å². The van der Waals surface area contributed by atoms with Crippen LogP contribution < -0.4 is 25.8 Å². The molecule has 0 saturated carbocycles. The number of esters is 1. The lowest BCUT2D eigenvalue weighted by atomic mass is 10.1. The van der Waals surface area contributed by atoms with E-state index >= 15 is 0 Å². The number of aliphatic hydroxyl groups excluding tert-OH is 2. The van der Waals surface area contributed by atoms with E-state index in [4.69, 9.17) is 15.2 Å². The van der Waals surface area contributed by atoms with Gasteiger partial charge in [0, 0.05) is 26.2 Å². The van der Waals surface area contributed by atoms with Crippen LogP contribution in [0.15, 0.2) is 97.1 Å². The number of methoxy groups -OCH3 is 1. The van der Waals surface area contributed by atoms with Crippen LogP contribution in [0.5, 0.6) is 11.5 Å². The molecule has 0 saturated heterocycles. The van der Waals surface area contributed by atoms with E-state index in [1.165, 1.54) is 31.4 Å². The van der Waals surface area contributed by atoms with Crippen LogP contribution >= 0.6 is 24.8 Å². The van der Waals surface area contributed by atoms with Gasteiger partial charge in [-0.2, -0.15) is 0 Å². The quantitative estimate of drug-likeness (QED) is 0.0724. The molecule has 0 bridgehead atoms. The minimum Gasteiger partial charge on any atom is -0.492 e. The fraction of sp³-hybridized carbons (Fsp3) is 0.297. The molecule has 4 aromatic carbocycles. The summed E-state index contributed by atoms with van der Waals surface area (Å²) in [6.07, 6.45) is -1.10. The maximum atomic E-state index is 13.1. The Kier molecular flexibility index (Phi) is 21.7. The Balaban J connectivity index is 0.000000491. The first-order valence-electron chi connectivity index (χ1n) is 15.7. The average Bonchev–Trinajstić information content (AvgIpc) is 3.09. The number of primary amides is 1. The zero-order valence-corrected chi connectivity index (χ0v) is 29.8. The topological polar surface area (TPSA) is 152 Å². The summed E-state index contributed by atoms with van der Waals surface area (Å²) in [5.41, 5.74) is 7.90. The summed E-state index contributed by atoms with van der Waals surface area (Å²) in [5.74, 6) is 0.00133. The Bertz CT molecular complexity index is 1590. The van der Waals surface area contributed by atoms with Gasteiger partial charge in [-0.3, -0.25) is 9.59 Å². The summed E-state index contributed by atoms with van der Waals surface area (Å²) in [6.45, 7) is 2.54. The van der Waals surface area contributed by atoms with E-state index in [1.54, 1.807) is 60.7 Å². The fourth-order valence-electron chi connectivity index (χ4n) is 4.47. The van der Waals surface area contributed by atoms with Crippen molar-refractivity contribution in [1.29, 1.82) is 0 Å². The molecule has 2 unspecified atom stereocenters. The van der Waals surface area contributed by atoms with Crippen molar-refractivity contribution in [2.75, 3.05) is 46.5 Å². The van der Waals surface area contributed by atoms with Gasteiger partial charge in [0.1, 0.15) is 36.3 Å². The van der Waals surface area contributed by atoms with Gasteiger partial charge in [0.25, 0.3) is 0 Å². The van der Waals surface area contributed by atoms with Crippen LogP contribution in [0.3, 0.4) is 0 Å².